The molecule has 1 saturated heterocycles. The topological polar surface area (TPSA) is 53.6 Å². The lowest BCUT2D eigenvalue weighted by Gasteiger charge is -2.05. The second kappa shape index (κ2) is 3.35. The van der Waals surface area contributed by atoms with Crippen molar-refractivity contribution in [1.82, 2.24) is 20.5 Å². The predicted molar refractivity (Wildman–Crippen MR) is 53.1 cm³/mol. The number of hydrogen-bond donors (Lipinski definition) is 2. The van der Waals surface area contributed by atoms with E-state index in [0.29, 0.717) is 12.0 Å². The van der Waals surface area contributed by atoms with Crippen molar-refractivity contribution >= 4 is 0 Å². The maximum absolute atomic E-state index is 4.53. The predicted octanol–water partition coefficient (Wildman–Crippen LogP) is 0.977. The summed E-state index contributed by atoms with van der Waals surface area (Å²) in [6.07, 6.45) is 6.14. The van der Waals surface area contributed by atoms with Gasteiger partial charge in [0, 0.05) is 18.4 Å². The van der Waals surface area contributed by atoms with Crippen molar-refractivity contribution in [3.05, 3.63) is 11.6 Å². The Morgan fingerprint density at radius 1 is 1.29 bits per heavy atom. The second-order valence-corrected chi connectivity index (χ2v) is 4.41. The average Bonchev–Trinajstić information content (AvgIpc) is 2.75. The summed E-state index contributed by atoms with van der Waals surface area (Å²) in [6.45, 7) is 1.16. The average molecular weight is 192 g/mol. The van der Waals surface area contributed by atoms with Crippen LogP contribution in [-0.2, 0) is 6.42 Å². The molecule has 1 aliphatic carbocycles. The van der Waals surface area contributed by atoms with E-state index in [1.165, 1.54) is 25.7 Å². The van der Waals surface area contributed by atoms with E-state index in [1.54, 1.807) is 0 Å². The molecule has 1 atom stereocenters. The first-order valence-corrected chi connectivity index (χ1v) is 5.56. The zero-order chi connectivity index (χ0) is 9.38. The van der Waals surface area contributed by atoms with Crippen LogP contribution in [0.2, 0.25) is 0 Å². The third-order valence-electron chi connectivity index (χ3n) is 3.09. The van der Waals surface area contributed by atoms with E-state index in [9.17, 15) is 0 Å². The number of nitrogens with zero attached hydrogens (tertiary/aromatic N) is 2. The molecule has 0 bridgehead atoms. The van der Waals surface area contributed by atoms with Crippen molar-refractivity contribution < 1.29 is 0 Å². The Labute approximate surface area is 83.5 Å². The van der Waals surface area contributed by atoms with Gasteiger partial charge < -0.3 is 5.32 Å². The van der Waals surface area contributed by atoms with E-state index < -0.39 is 0 Å². The SMILES string of the molecule is C1CNC(Cc2nc(C3CC3)n[nH]2)C1. The van der Waals surface area contributed by atoms with E-state index in [-0.39, 0.29) is 0 Å². The normalized spacial score (nSPS) is 27.0. The van der Waals surface area contributed by atoms with Crippen molar-refractivity contribution in [1.29, 1.82) is 0 Å². The molecule has 1 aromatic heterocycles. The Balaban J connectivity index is 1.64. The van der Waals surface area contributed by atoms with Crippen LogP contribution in [0.15, 0.2) is 0 Å². The lowest BCUT2D eigenvalue weighted by molar-refractivity contribution is 0.586. The van der Waals surface area contributed by atoms with Gasteiger partial charge in [0.2, 0.25) is 0 Å². The molecule has 0 spiro atoms. The molecule has 0 amide bonds. The summed E-state index contributed by atoms with van der Waals surface area (Å²) in [5.41, 5.74) is 0. The second-order valence-electron chi connectivity index (χ2n) is 4.41. The van der Waals surface area contributed by atoms with Crippen LogP contribution in [0.25, 0.3) is 0 Å². The molecule has 0 radical (unpaired) electrons. The Bertz CT molecular complexity index is 310. The molecule has 2 aliphatic rings. The molecule has 4 heteroatoms. The number of aromatic amines is 1. The maximum atomic E-state index is 4.53. The van der Waals surface area contributed by atoms with Crippen LogP contribution < -0.4 is 5.32 Å². The first-order valence-electron chi connectivity index (χ1n) is 5.56. The van der Waals surface area contributed by atoms with Crippen LogP contribution in [0.1, 0.15) is 43.3 Å². The summed E-state index contributed by atoms with van der Waals surface area (Å²) in [5, 5.41) is 10.8. The van der Waals surface area contributed by atoms with Crippen molar-refractivity contribution in [2.75, 3.05) is 6.54 Å². The van der Waals surface area contributed by atoms with E-state index in [2.05, 4.69) is 20.5 Å². The summed E-state index contributed by atoms with van der Waals surface area (Å²) in [4.78, 5) is 4.53. The number of nitrogens with one attached hydrogen (secondary N) is 2. The van der Waals surface area contributed by atoms with Gasteiger partial charge in [-0.15, -0.1) is 0 Å². The molecule has 1 aromatic rings. The maximum Gasteiger partial charge on any atom is 0.153 e. The van der Waals surface area contributed by atoms with Gasteiger partial charge in [0.05, 0.1) is 0 Å². The number of hydrogen-bond acceptors (Lipinski definition) is 3. The molecule has 1 unspecified atom stereocenters. The third-order valence-corrected chi connectivity index (χ3v) is 3.09. The van der Waals surface area contributed by atoms with Crippen LogP contribution in [0.5, 0.6) is 0 Å². The molecule has 2 N–H and O–H groups in total. The minimum Gasteiger partial charge on any atom is -0.314 e. The summed E-state index contributed by atoms with van der Waals surface area (Å²) in [6, 6.07) is 0.620. The van der Waals surface area contributed by atoms with Crippen molar-refractivity contribution in [3.63, 3.8) is 0 Å². The van der Waals surface area contributed by atoms with E-state index in [0.717, 1.165) is 24.6 Å². The number of H-pyrrole nitrogens is 1. The van der Waals surface area contributed by atoms with Gasteiger partial charge in [-0.2, -0.15) is 5.10 Å². The molecule has 1 aliphatic heterocycles. The van der Waals surface area contributed by atoms with Crippen molar-refractivity contribution in [2.45, 2.75) is 44.1 Å². The minimum atomic E-state index is 0.620. The molecule has 1 saturated carbocycles. The Hall–Kier alpha value is -0.900. The quantitative estimate of drug-likeness (QED) is 0.750. The summed E-state index contributed by atoms with van der Waals surface area (Å²) >= 11 is 0. The first-order chi connectivity index (χ1) is 6.92. The van der Waals surface area contributed by atoms with Gasteiger partial charge in [-0.05, 0) is 32.2 Å². The Morgan fingerprint density at radius 2 is 2.21 bits per heavy atom. The summed E-state index contributed by atoms with van der Waals surface area (Å²) < 4.78 is 0. The van der Waals surface area contributed by atoms with Gasteiger partial charge in [-0.1, -0.05) is 0 Å². The van der Waals surface area contributed by atoms with Gasteiger partial charge in [-0.3, -0.25) is 5.10 Å². The number of aromatic nitrogens is 3. The molecule has 76 valence electrons. The van der Waals surface area contributed by atoms with Crippen LogP contribution in [0.3, 0.4) is 0 Å². The van der Waals surface area contributed by atoms with E-state index in [1.807, 2.05) is 0 Å². The first kappa shape index (κ1) is 8.41. The van der Waals surface area contributed by atoms with Crippen LogP contribution in [0.4, 0.5) is 0 Å². The summed E-state index contributed by atoms with van der Waals surface area (Å²) in [7, 11) is 0. The molecular weight excluding hydrogens is 176 g/mol. The molecule has 4 nitrogen and oxygen atoms in total. The van der Waals surface area contributed by atoms with Crippen LogP contribution in [-0.4, -0.2) is 27.8 Å². The van der Waals surface area contributed by atoms with E-state index in [4.69, 9.17) is 0 Å². The van der Waals surface area contributed by atoms with Gasteiger partial charge >= 0.3 is 0 Å². The van der Waals surface area contributed by atoms with E-state index >= 15 is 0 Å². The zero-order valence-corrected chi connectivity index (χ0v) is 8.29. The molecule has 0 aromatic carbocycles. The highest BCUT2D eigenvalue weighted by Crippen LogP contribution is 2.37. The van der Waals surface area contributed by atoms with Gasteiger partial charge in [0.1, 0.15) is 5.82 Å². The largest absolute Gasteiger partial charge is 0.314 e. The smallest absolute Gasteiger partial charge is 0.153 e. The minimum absolute atomic E-state index is 0.620. The fraction of sp³-hybridized carbons (Fsp3) is 0.800. The Morgan fingerprint density at radius 3 is 2.93 bits per heavy atom. The fourth-order valence-electron chi connectivity index (χ4n) is 2.09. The highest BCUT2D eigenvalue weighted by molar-refractivity contribution is 5.05. The van der Waals surface area contributed by atoms with Gasteiger partial charge in [-0.25, -0.2) is 4.98 Å². The monoisotopic (exact) mass is 192 g/mol. The molecule has 2 heterocycles. The summed E-state index contributed by atoms with van der Waals surface area (Å²) in [5.74, 6) is 2.76. The molecule has 14 heavy (non-hydrogen) atoms. The Kier molecular flexibility index (Phi) is 2.01. The van der Waals surface area contributed by atoms with Crippen molar-refractivity contribution in [3.8, 4) is 0 Å². The van der Waals surface area contributed by atoms with Crippen LogP contribution >= 0.6 is 0 Å². The third kappa shape index (κ3) is 1.66. The lowest BCUT2D eigenvalue weighted by Crippen LogP contribution is -2.24. The lowest BCUT2D eigenvalue weighted by atomic mass is 10.1. The highest BCUT2D eigenvalue weighted by Gasteiger charge is 2.28. The molecular formula is C10H16N4. The zero-order valence-electron chi connectivity index (χ0n) is 8.29. The molecule has 3 rings (SSSR count). The van der Waals surface area contributed by atoms with Crippen LogP contribution in [0, 0.1) is 0 Å². The van der Waals surface area contributed by atoms with Gasteiger partial charge in [0.25, 0.3) is 0 Å². The molecule has 2 fully saturated rings. The standard InChI is InChI=1S/C10H16N4/c1-2-8(11-5-1)6-9-12-10(14-13-9)7-3-4-7/h7-8,11H,1-6H2,(H,12,13,14). The van der Waals surface area contributed by atoms with Gasteiger partial charge in [0.15, 0.2) is 5.82 Å². The fourth-order valence-corrected chi connectivity index (χ4v) is 2.09. The van der Waals surface area contributed by atoms with Crippen molar-refractivity contribution in [2.24, 2.45) is 0 Å². The number of rotatable bonds is 3. The highest BCUT2D eigenvalue weighted by atomic mass is 15.2.